The first-order chi connectivity index (χ1) is 71.0. The summed E-state index contributed by atoms with van der Waals surface area (Å²) in [5.41, 5.74) is 29.8. The van der Waals surface area contributed by atoms with E-state index in [9.17, 15) is 0 Å². The Morgan fingerprint density at radius 1 is 0.212 bits per heavy atom. The van der Waals surface area contributed by atoms with E-state index in [4.69, 9.17) is 20.6 Å². The van der Waals surface area contributed by atoms with Crippen molar-refractivity contribution in [3.8, 4) is 135 Å². The molecule has 12 heterocycles. The summed E-state index contributed by atoms with van der Waals surface area (Å²) in [7, 11) is 0. The van der Waals surface area contributed by atoms with Crippen LogP contribution in [0.5, 0.6) is 0 Å². The zero-order valence-corrected chi connectivity index (χ0v) is 85.4. The van der Waals surface area contributed by atoms with Gasteiger partial charge in [-0.2, -0.15) is 0 Å². The monoisotopic (exact) mass is 2510 g/mol. The molecule has 8 aromatic carbocycles. The maximum Gasteiger partial charge on any atom is 0.0719 e. The molecule has 0 amide bonds. The van der Waals surface area contributed by atoms with Crippen LogP contribution in [-0.2, 0) is 86.8 Å². The molecule has 12 nitrogen and oxygen atoms in total. The molecule has 0 aliphatic heterocycles. The molecule has 0 N–H and O–H groups in total. The van der Waals surface area contributed by atoms with Crippen molar-refractivity contribution in [2.75, 3.05) is 0 Å². The normalized spacial score (nSPS) is 12.1. The minimum atomic E-state index is -2.14. The van der Waals surface area contributed by atoms with Gasteiger partial charge in [-0.3, -0.25) is 19.9 Å². The molecule has 0 spiro atoms. The standard InChI is InChI=1S/2C18H15N2.2C17H13N2.3C13H12N.C12H10N.4Ir/c1-13-11-18(20-12-14(13)2)16-8-6-15(7-9-16)17-5-3-4-10-19-17;1-2-14-12-18(15-8-4-3-5-9-15)20-13-16(14)17-10-6-7-11-19-17;2*1-13-11-17(14-7-3-2-4-8-14)19-12-15(13)16-9-5-6-10-18-16;3*1-10-8-13(14-9-11(10)2)12-6-4-3-5-7-12;1-10-7-8-12(13-9-10)11-5-3-2-4-6-11;;;;/h3-8,10-12H,1-2H3;3-8,10-13H,2H2,1H3;2*2-7,9-12H,1H3;3*3-6,8-9H,1-2H3;2-5,7-9H,1H3;;;;/q8*-1;;;;/i2D3;;;;3*2D3;1D3;;;;. The molecule has 0 fully saturated rings. The van der Waals surface area contributed by atoms with Crippen LogP contribution >= 0.6 is 0 Å². The van der Waals surface area contributed by atoms with Gasteiger partial charge >= 0.3 is 0 Å². The average Bonchev–Trinajstić information content (AvgIpc) is 0.798. The van der Waals surface area contributed by atoms with E-state index in [0.717, 1.165) is 153 Å². The van der Waals surface area contributed by atoms with Gasteiger partial charge < -0.3 is 39.9 Å². The Hall–Kier alpha value is -13.8. The zero-order valence-electron chi connectivity index (χ0n) is 90.9. The van der Waals surface area contributed by atoms with Crippen LogP contribution in [0.4, 0.5) is 0 Å². The van der Waals surface area contributed by atoms with Crippen molar-refractivity contribution >= 4 is 0 Å². The third-order valence-electron chi connectivity index (χ3n) is 20.6. The first-order valence-electron chi connectivity index (χ1n) is 50.3. The number of nitrogens with zero attached hydrogens (tertiary/aromatic N) is 12. The topological polar surface area (TPSA) is 155 Å². The van der Waals surface area contributed by atoms with Gasteiger partial charge in [0.05, 0.1) is 17.1 Å². The largest absolute Gasteiger partial charge is 0.304 e. The first-order valence-corrected chi connectivity index (χ1v) is 42.8. The fourth-order valence-electron chi connectivity index (χ4n) is 13.2. The van der Waals surface area contributed by atoms with Gasteiger partial charge in [0, 0.05) is 198 Å². The predicted molar refractivity (Wildman–Crippen MR) is 542 cm³/mol. The van der Waals surface area contributed by atoms with Crippen molar-refractivity contribution in [3.05, 3.63) is 505 Å². The van der Waals surface area contributed by atoms with Gasteiger partial charge in [-0.25, -0.2) is 0 Å². The van der Waals surface area contributed by atoms with Gasteiger partial charge in [0.15, 0.2) is 0 Å². The molecular formula is C121H102Ir4N12-8. The number of rotatable bonds is 13. The molecular weight excluding hydrogens is 2390 g/mol. The van der Waals surface area contributed by atoms with Crippen LogP contribution in [0.2, 0.25) is 0 Å². The summed E-state index contributed by atoms with van der Waals surface area (Å²) in [6, 6.07) is 125. The maximum atomic E-state index is 7.49. The van der Waals surface area contributed by atoms with E-state index < -0.39 is 34.3 Å². The van der Waals surface area contributed by atoms with E-state index >= 15 is 0 Å². The van der Waals surface area contributed by atoms with Crippen LogP contribution in [0.1, 0.15) is 94.2 Å². The van der Waals surface area contributed by atoms with Crippen LogP contribution < -0.4 is 0 Å². The van der Waals surface area contributed by atoms with E-state index in [1.54, 1.807) is 88.8 Å². The first kappa shape index (κ1) is 86.0. The van der Waals surface area contributed by atoms with Crippen LogP contribution in [0.3, 0.4) is 0 Å². The summed E-state index contributed by atoms with van der Waals surface area (Å²) in [5.74, 6) is 0. The summed E-state index contributed by atoms with van der Waals surface area (Å²) >= 11 is 0. The van der Waals surface area contributed by atoms with Crippen molar-refractivity contribution in [2.45, 2.75) is 89.1 Å². The molecule has 20 rings (SSSR count). The Bertz CT molecular complexity index is 7260. The number of pyridine rings is 12. The van der Waals surface area contributed by atoms with Gasteiger partial charge in [-0.15, -0.1) is 281 Å². The quantitative estimate of drug-likeness (QED) is 0.101. The molecule has 0 saturated heterocycles. The summed E-state index contributed by atoms with van der Waals surface area (Å²) in [6.45, 7) is 2.93. The minimum absolute atomic E-state index is 0. The number of benzene rings is 8. The minimum Gasteiger partial charge on any atom is -0.304 e. The smallest absolute Gasteiger partial charge is 0.0719 e. The summed E-state index contributed by atoms with van der Waals surface area (Å²) in [6.07, 6.45) is 20.9. The van der Waals surface area contributed by atoms with E-state index in [1.165, 1.54) is 47.7 Å². The Morgan fingerprint density at radius 2 is 0.482 bits per heavy atom. The van der Waals surface area contributed by atoms with Crippen molar-refractivity contribution in [3.63, 3.8) is 0 Å². The average molecular weight is 2510 g/mol. The summed E-state index contributed by atoms with van der Waals surface area (Å²) in [5, 5.41) is 0. The second-order valence-electron chi connectivity index (χ2n) is 30.1. The van der Waals surface area contributed by atoms with Crippen molar-refractivity contribution < 1.29 is 101 Å². The van der Waals surface area contributed by atoms with Gasteiger partial charge in [0.25, 0.3) is 0 Å². The molecule has 16 heteroatoms. The Balaban J connectivity index is 0.000000192. The molecule has 0 bridgehead atoms. The number of aryl methyl sites for hydroxylation is 12. The molecule has 690 valence electrons. The van der Waals surface area contributed by atoms with Crippen LogP contribution in [0.15, 0.2) is 390 Å². The molecule has 12 aromatic heterocycles. The predicted octanol–water partition coefficient (Wildman–Crippen LogP) is 28.6. The third kappa shape index (κ3) is 31.9. The zero-order chi connectivity index (χ0) is 105. The number of hydrogen-bond donors (Lipinski definition) is 0. The van der Waals surface area contributed by atoms with Crippen LogP contribution in [0, 0.1) is 124 Å². The second kappa shape index (κ2) is 55.9. The Kier molecular flexibility index (Phi) is 35.1. The number of aromatic nitrogens is 12. The molecule has 0 aliphatic carbocycles. The molecule has 20 aromatic rings. The van der Waals surface area contributed by atoms with Crippen LogP contribution in [-0.4, -0.2) is 59.8 Å². The molecule has 137 heavy (non-hydrogen) atoms. The van der Waals surface area contributed by atoms with Crippen molar-refractivity contribution in [2.24, 2.45) is 0 Å². The SMILES string of the molecule is CCc1cc(-c2[c-]cccc2)ncc1-c1ccccn1.Cc1cc(-c2[c-]cccc2)ncc1-c1ccccn1.Cc1cc(-c2[c-]cccc2)ncc1-c1ccccn1.[2H]C([2H])([2H])c1ccc(-c2[c-]cccc2)nc1.[2H]C([2H])([2H])c1cnc(-c2[c-]cc(-c3ccccn3)cc2)cc1C.[2H]C([2H])([2H])c1cnc(-c2[c-]cccc2)cc1C.[2H]C([2H])([2H])c1cnc(-c2[c-]cccc2)cc1C.[2H]C([2H])([2H])c1cnc(-c2[c-]cccc2)cc1C.[Ir].[Ir].[Ir].[Ir]. The third-order valence-corrected chi connectivity index (χ3v) is 20.6. The molecule has 4 radical (unpaired) electrons. The van der Waals surface area contributed by atoms with E-state index in [2.05, 4.69) is 147 Å². The number of hydrogen-bond acceptors (Lipinski definition) is 12. The van der Waals surface area contributed by atoms with E-state index in [1.807, 2.05) is 280 Å². The van der Waals surface area contributed by atoms with E-state index in [0.29, 0.717) is 27.9 Å². The fraction of sp³-hybridized carbons (Fsp3) is 0.107. The van der Waals surface area contributed by atoms with Crippen molar-refractivity contribution in [1.29, 1.82) is 0 Å². The van der Waals surface area contributed by atoms with E-state index in [-0.39, 0.29) is 91.5 Å². The van der Waals surface area contributed by atoms with Crippen molar-refractivity contribution in [1.82, 2.24) is 59.8 Å². The van der Waals surface area contributed by atoms with Crippen LogP contribution in [0.25, 0.3) is 135 Å². The fourth-order valence-corrected chi connectivity index (χ4v) is 13.2. The van der Waals surface area contributed by atoms with Gasteiger partial charge in [-0.05, 0) is 221 Å². The van der Waals surface area contributed by atoms with Gasteiger partial charge in [0.1, 0.15) is 0 Å². The molecule has 0 atom stereocenters. The van der Waals surface area contributed by atoms with Gasteiger partial charge in [0.2, 0.25) is 0 Å². The Morgan fingerprint density at radius 3 is 0.730 bits per heavy atom. The Labute approximate surface area is 883 Å². The summed E-state index contributed by atoms with van der Waals surface area (Å²) < 4.78 is 111. The molecule has 0 aliphatic rings. The molecule has 0 unspecified atom stereocenters. The molecule has 0 saturated carbocycles. The second-order valence-corrected chi connectivity index (χ2v) is 30.1. The summed E-state index contributed by atoms with van der Waals surface area (Å²) in [4.78, 5) is 52.0. The maximum absolute atomic E-state index is 7.49. The van der Waals surface area contributed by atoms with Gasteiger partial charge in [-0.1, -0.05) is 114 Å².